The fourth-order valence-corrected chi connectivity index (χ4v) is 3.03. The highest BCUT2D eigenvalue weighted by Gasteiger charge is 2.15. The van der Waals surface area contributed by atoms with Crippen molar-refractivity contribution in [1.29, 1.82) is 5.26 Å². The summed E-state index contributed by atoms with van der Waals surface area (Å²) < 4.78 is 17.9. The molecule has 1 aromatic heterocycles. The minimum Gasteiger partial charge on any atom is -0.496 e. The number of methoxy groups -OCH3 is 2. The number of aryl methyl sites for hydroxylation is 2. The van der Waals surface area contributed by atoms with E-state index in [1.165, 1.54) is 0 Å². The molecule has 1 aromatic carbocycles. The van der Waals surface area contributed by atoms with Crippen LogP contribution in [0.2, 0.25) is 0 Å². The molecule has 2 aromatic rings. The summed E-state index contributed by atoms with van der Waals surface area (Å²) in [5.74, 6) is -0.0182. The number of nitrogens with zero attached hydrogens (tertiary/aromatic N) is 2. The summed E-state index contributed by atoms with van der Waals surface area (Å²) in [4.78, 5) is 12.4. The number of carbonyl (C=O) groups excluding carboxylic acids is 1. The third-order valence-corrected chi connectivity index (χ3v) is 4.57. The molecular weight excluding hydrogens is 356 g/mol. The van der Waals surface area contributed by atoms with Crippen molar-refractivity contribution in [3.63, 3.8) is 0 Å². The number of nitriles is 1. The Hall–Kier alpha value is -3.04. The van der Waals surface area contributed by atoms with Crippen LogP contribution in [0.15, 0.2) is 29.8 Å². The molecule has 0 N–H and O–H groups in total. The van der Waals surface area contributed by atoms with Crippen LogP contribution in [0.4, 0.5) is 0 Å². The van der Waals surface area contributed by atoms with Gasteiger partial charge in [0.25, 0.3) is 0 Å². The lowest BCUT2D eigenvalue weighted by Gasteiger charge is -2.10. The monoisotopic (exact) mass is 382 g/mol. The molecule has 0 unspecified atom stereocenters. The average Bonchev–Trinajstić information content (AvgIpc) is 2.95. The quantitative estimate of drug-likeness (QED) is 0.395. The Morgan fingerprint density at radius 3 is 2.61 bits per heavy atom. The van der Waals surface area contributed by atoms with Gasteiger partial charge in [0.05, 0.1) is 13.7 Å². The second-order valence-electron chi connectivity index (χ2n) is 6.53. The molecule has 0 radical (unpaired) electrons. The minimum atomic E-state index is -0.659. The van der Waals surface area contributed by atoms with Crippen molar-refractivity contribution in [2.75, 3.05) is 20.8 Å². The molecule has 0 saturated carbocycles. The maximum Gasteiger partial charge on any atom is 0.349 e. The van der Waals surface area contributed by atoms with Crippen molar-refractivity contribution < 1.29 is 19.0 Å². The van der Waals surface area contributed by atoms with Crippen molar-refractivity contribution in [2.24, 2.45) is 0 Å². The molecular formula is C22H26N2O4. The van der Waals surface area contributed by atoms with Gasteiger partial charge in [-0.15, -0.1) is 0 Å². The summed E-state index contributed by atoms with van der Waals surface area (Å²) in [7, 11) is 3.22. The molecule has 1 heterocycles. The first-order valence-electron chi connectivity index (χ1n) is 8.99. The fourth-order valence-electron chi connectivity index (χ4n) is 3.03. The van der Waals surface area contributed by atoms with E-state index in [0.29, 0.717) is 18.9 Å². The van der Waals surface area contributed by atoms with Crippen molar-refractivity contribution in [2.45, 2.75) is 33.9 Å². The number of aromatic nitrogens is 1. The van der Waals surface area contributed by atoms with E-state index in [-0.39, 0.29) is 12.2 Å². The highest BCUT2D eigenvalue weighted by molar-refractivity contribution is 5.98. The highest BCUT2D eigenvalue weighted by Crippen LogP contribution is 2.22. The molecule has 0 aliphatic rings. The summed E-state index contributed by atoms with van der Waals surface area (Å²) >= 11 is 0. The topological polar surface area (TPSA) is 73.5 Å². The lowest BCUT2D eigenvalue weighted by Crippen LogP contribution is -2.08. The Labute approximate surface area is 165 Å². The van der Waals surface area contributed by atoms with Gasteiger partial charge in [0.1, 0.15) is 24.0 Å². The molecule has 0 spiro atoms. The molecule has 0 amide bonds. The van der Waals surface area contributed by atoms with E-state index in [1.54, 1.807) is 20.3 Å². The molecule has 0 saturated heterocycles. The summed E-state index contributed by atoms with van der Waals surface area (Å²) in [6.45, 7) is 7.22. The molecule has 28 heavy (non-hydrogen) atoms. The predicted octanol–water partition coefficient (Wildman–Crippen LogP) is 3.72. The van der Waals surface area contributed by atoms with Gasteiger partial charge in [-0.1, -0.05) is 11.6 Å². The Kier molecular flexibility index (Phi) is 7.42. The highest BCUT2D eigenvalue weighted by atomic mass is 16.5. The van der Waals surface area contributed by atoms with E-state index in [4.69, 9.17) is 14.2 Å². The molecule has 0 bridgehead atoms. The van der Waals surface area contributed by atoms with E-state index in [0.717, 1.165) is 28.1 Å². The zero-order chi connectivity index (χ0) is 20.7. The number of carbonyl (C=O) groups is 1. The molecule has 148 valence electrons. The Morgan fingerprint density at radius 2 is 1.96 bits per heavy atom. The minimum absolute atomic E-state index is 0.0373. The first-order valence-corrected chi connectivity index (χ1v) is 8.99. The Bertz CT molecular complexity index is 919. The average molecular weight is 382 g/mol. The van der Waals surface area contributed by atoms with Gasteiger partial charge in [-0.25, -0.2) is 4.79 Å². The number of benzene rings is 1. The molecule has 6 nitrogen and oxygen atoms in total. The SMILES string of the molecule is COCCn1c(C)cc(/C=C(\C#N)C(=O)OCc2cc(C)ccc2OC)c1C. The molecule has 6 heteroatoms. The zero-order valence-electron chi connectivity index (χ0n) is 17.0. The number of esters is 1. The predicted molar refractivity (Wildman–Crippen MR) is 107 cm³/mol. The lowest BCUT2D eigenvalue weighted by molar-refractivity contribution is -0.139. The van der Waals surface area contributed by atoms with Crippen LogP contribution < -0.4 is 4.74 Å². The number of hydrogen-bond donors (Lipinski definition) is 0. The van der Waals surface area contributed by atoms with Gasteiger partial charge in [0.15, 0.2) is 0 Å². The molecule has 0 aliphatic carbocycles. The van der Waals surface area contributed by atoms with Gasteiger partial charge in [0.2, 0.25) is 0 Å². The van der Waals surface area contributed by atoms with Gasteiger partial charge in [-0.05, 0) is 50.6 Å². The first kappa shape index (κ1) is 21.3. The van der Waals surface area contributed by atoms with Crippen LogP contribution in [-0.4, -0.2) is 31.4 Å². The van der Waals surface area contributed by atoms with E-state index in [9.17, 15) is 10.1 Å². The van der Waals surface area contributed by atoms with Crippen LogP contribution in [0.1, 0.15) is 28.1 Å². The summed E-state index contributed by atoms with van der Waals surface area (Å²) in [6, 6.07) is 9.53. The Balaban J connectivity index is 2.18. The lowest BCUT2D eigenvalue weighted by atomic mass is 10.1. The van der Waals surface area contributed by atoms with Crippen LogP contribution in [-0.2, 0) is 27.4 Å². The maximum atomic E-state index is 12.4. The first-order chi connectivity index (χ1) is 13.4. The van der Waals surface area contributed by atoms with Crippen LogP contribution in [0.25, 0.3) is 6.08 Å². The third kappa shape index (κ3) is 5.02. The second-order valence-corrected chi connectivity index (χ2v) is 6.53. The van der Waals surface area contributed by atoms with Crippen LogP contribution in [0.3, 0.4) is 0 Å². The molecule has 0 aliphatic heterocycles. The molecule has 0 fully saturated rings. The Morgan fingerprint density at radius 1 is 1.21 bits per heavy atom. The summed E-state index contributed by atoms with van der Waals surface area (Å²) in [5, 5.41) is 9.44. The second kappa shape index (κ2) is 9.77. The van der Waals surface area contributed by atoms with Gasteiger partial charge in [-0.3, -0.25) is 0 Å². The van der Waals surface area contributed by atoms with E-state index >= 15 is 0 Å². The van der Waals surface area contributed by atoms with Crippen molar-refractivity contribution in [3.8, 4) is 11.8 Å². The smallest absolute Gasteiger partial charge is 0.349 e. The van der Waals surface area contributed by atoms with E-state index in [2.05, 4.69) is 4.57 Å². The van der Waals surface area contributed by atoms with Crippen LogP contribution >= 0.6 is 0 Å². The fraction of sp³-hybridized carbons (Fsp3) is 0.364. The van der Waals surface area contributed by atoms with E-state index < -0.39 is 5.97 Å². The van der Waals surface area contributed by atoms with Gasteiger partial charge >= 0.3 is 5.97 Å². The standard InChI is InChI=1S/C22H26N2O4/c1-15-6-7-21(27-5)20(10-15)14-28-22(25)19(13-23)12-18-11-16(2)24(17(18)3)8-9-26-4/h6-7,10-12H,8-9,14H2,1-5H3/b19-12+. The number of ether oxygens (including phenoxy) is 3. The van der Waals surface area contributed by atoms with Crippen LogP contribution in [0.5, 0.6) is 5.75 Å². The van der Waals surface area contributed by atoms with Crippen LogP contribution in [0, 0.1) is 32.1 Å². The van der Waals surface area contributed by atoms with Gasteiger partial charge in [0, 0.05) is 30.6 Å². The number of rotatable bonds is 8. The summed E-state index contributed by atoms with van der Waals surface area (Å²) in [6.07, 6.45) is 1.57. The summed E-state index contributed by atoms with van der Waals surface area (Å²) in [5.41, 5.74) is 4.57. The van der Waals surface area contributed by atoms with Crippen molar-refractivity contribution in [3.05, 3.63) is 57.9 Å². The van der Waals surface area contributed by atoms with E-state index in [1.807, 2.05) is 51.1 Å². The largest absolute Gasteiger partial charge is 0.496 e. The maximum absolute atomic E-state index is 12.4. The van der Waals surface area contributed by atoms with Gasteiger partial charge in [-0.2, -0.15) is 5.26 Å². The van der Waals surface area contributed by atoms with Crippen molar-refractivity contribution in [1.82, 2.24) is 4.57 Å². The molecule has 0 atom stereocenters. The zero-order valence-corrected chi connectivity index (χ0v) is 17.0. The van der Waals surface area contributed by atoms with Crippen molar-refractivity contribution >= 4 is 12.0 Å². The normalized spacial score (nSPS) is 11.2. The number of hydrogen-bond acceptors (Lipinski definition) is 5. The third-order valence-electron chi connectivity index (χ3n) is 4.57. The van der Waals surface area contributed by atoms with Gasteiger partial charge < -0.3 is 18.8 Å². The molecule has 2 rings (SSSR count).